The number of nitrogens with one attached hydrogen (secondary N) is 2. The second-order valence-electron chi connectivity index (χ2n) is 7.18. The van der Waals surface area contributed by atoms with E-state index in [1.807, 2.05) is 18.8 Å². The van der Waals surface area contributed by atoms with E-state index in [-0.39, 0.29) is 24.0 Å². The van der Waals surface area contributed by atoms with Crippen molar-refractivity contribution in [2.45, 2.75) is 58.9 Å². The smallest absolute Gasteiger partial charge is 0.190 e. The van der Waals surface area contributed by atoms with Crippen molar-refractivity contribution in [1.29, 1.82) is 0 Å². The molecule has 0 bridgehead atoms. The average molecular weight is 476 g/mol. The van der Waals surface area contributed by atoms with Gasteiger partial charge in [0.1, 0.15) is 0 Å². The number of nitrogens with zero attached hydrogens (tertiary/aromatic N) is 4. The first-order chi connectivity index (χ1) is 12.0. The zero-order chi connectivity index (χ0) is 18.2. The van der Waals surface area contributed by atoms with Crippen molar-refractivity contribution in [3.63, 3.8) is 0 Å². The number of likely N-dealkylation sites (tertiary alicyclic amines) is 1. The van der Waals surface area contributed by atoms with E-state index in [1.54, 1.807) is 0 Å². The second kappa shape index (κ2) is 11.8. The zero-order valence-electron chi connectivity index (χ0n) is 17.1. The number of aromatic nitrogens is 2. The Bertz CT molecular complexity index is 569. The fourth-order valence-corrected chi connectivity index (χ4v) is 3.68. The molecule has 1 aromatic rings. The van der Waals surface area contributed by atoms with Gasteiger partial charge in [0.25, 0.3) is 0 Å². The van der Waals surface area contributed by atoms with E-state index in [0.29, 0.717) is 0 Å². The minimum Gasteiger partial charge on any atom is -0.356 e. The Balaban J connectivity index is 0.00000338. The minimum absolute atomic E-state index is 0. The Morgan fingerprint density at radius 1 is 1.23 bits per heavy atom. The van der Waals surface area contributed by atoms with Crippen molar-refractivity contribution < 1.29 is 0 Å². The number of piperidine rings is 1. The summed E-state index contributed by atoms with van der Waals surface area (Å²) in [5.41, 5.74) is 3.71. The van der Waals surface area contributed by atoms with Gasteiger partial charge in [0.05, 0.1) is 5.69 Å². The number of rotatable bonds is 7. The molecule has 0 spiro atoms. The van der Waals surface area contributed by atoms with Gasteiger partial charge in [-0.3, -0.25) is 9.67 Å². The van der Waals surface area contributed by atoms with Gasteiger partial charge < -0.3 is 15.5 Å². The molecule has 0 aliphatic carbocycles. The van der Waals surface area contributed by atoms with Gasteiger partial charge in [0, 0.05) is 45.5 Å². The number of aliphatic imine (C=N–C) groups is 1. The lowest BCUT2D eigenvalue weighted by molar-refractivity contribution is 0.159. The molecule has 2 rings (SSSR count). The number of halogens is 1. The molecule has 0 radical (unpaired) electrons. The van der Waals surface area contributed by atoms with Crippen LogP contribution in [0.15, 0.2) is 4.99 Å². The second-order valence-corrected chi connectivity index (χ2v) is 7.18. The van der Waals surface area contributed by atoms with Gasteiger partial charge in [-0.2, -0.15) is 5.10 Å². The van der Waals surface area contributed by atoms with Crippen LogP contribution in [0.5, 0.6) is 0 Å². The first-order valence-electron chi connectivity index (χ1n) is 9.70. The van der Waals surface area contributed by atoms with Crippen LogP contribution in [0.3, 0.4) is 0 Å². The number of guanidine groups is 1. The quantitative estimate of drug-likeness (QED) is 0.275. The SMILES string of the molecule is CN=C(NCCCN1CCCCC1C)NCCc1c(C)nn(C)c1C.I. The fraction of sp³-hybridized carbons (Fsp3) is 0.789. The maximum Gasteiger partial charge on any atom is 0.190 e. The summed E-state index contributed by atoms with van der Waals surface area (Å²) in [6.07, 6.45) is 6.23. The van der Waals surface area contributed by atoms with Crippen molar-refractivity contribution in [2.24, 2.45) is 12.0 Å². The van der Waals surface area contributed by atoms with Crippen LogP contribution in [0.4, 0.5) is 0 Å². The van der Waals surface area contributed by atoms with Crippen LogP contribution in [0.25, 0.3) is 0 Å². The molecule has 2 heterocycles. The molecule has 0 amide bonds. The molecular weight excluding hydrogens is 439 g/mol. The van der Waals surface area contributed by atoms with Gasteiger partial charge in [0.15, 0.2) is 5.96 Å². The molecule has 2 N–H and O–H groups in total. The van der Waals surface area contributed by atoms with Gasteiger partial charge >= 0.3 is 0 Å². The molecule has 26 heavy (non-hydrogen) atoms. The third-order valence-corrected chi connectivity index (χ3v) is 5.41. The summed E-state index contributed by atoms with van der Waals surface area (Å²) < 4.78 is 1.96. The first-order valence-corrected chi connectivity index (χ1v) is 9.70. The summed E-state index contributed by atoms with van der Waals surface area (Å²) in [6, 6.07) is 0.747. The Hall–Kier alpha value is -0.830. The molecule has 1 atom stereocenters. The largest absolute Gasteiger partial charge is 0.356 e. The summed E-state index contributed by atoms with van der Waals surface area (Å²) in [4.78, 5) is 6.95. The van der Waals surface area contributed by atoms with E-state index in [9.17, 15) is 0 Å². The predicted molar refractivity (Wildman–Crippen MR) is 121 cm³/mol. The van der Waals surface area contributed by atoms with E-state index < -0.39 is 0 Å². The highest BCUT2D eigenvalue weighted by Crippen LogP contribution is 2.16. The monoisotopic (exact) mass is 476 g/mol. The highest BCUT2D eigenvalue weighted by molar-refractivity contribution is 14.0. The van der Waals surface area contributed by atoms with E-state index in [4.69, 9.17) is 0 Å². The first kappa shape index (κ1) is 23.2. The molecule has 1 saturated heterocycles. The van der Waals surface area contributed by atoms with Crippen molar-refractivity contribution in [2.75, 3.05) is 33.2 Å². The molecule has 0 saturated carbocycles. The maximum atomic E-state index is 4.48. The molecule has 150 valence electrons. The molecule has 1 fully saturated rings. The average Bonchev–Trinajstić information content (AvgIpc) is 2.84. The number of aryl methyl sites for hydroxylation is 2. The van der Waals surface area contributed by atoms with Crippen LogP contribution in [0, 0.1) is 13.8 Å². The van der Waals surface area contributed by atoms with Gasteiger partial charge in [-0.25, -0.2) is 0 Å². The maximum absolute atomic E-state index is 4.48. The van der Waals surface area contributed by atoms with Crippen LogP contribution in [-0.2, 0) is 13.5 Å². The van der Waals surface area contributed by atoms with E-state index in [0.717, 1.165) is 43.6 Å². The van der Waals surface area contributed by atoms with Gasteiger partial charge in [0.2, 0.25) is 0 Å². The van der Waals surface area contributed by atoms with Gasteiger partial charge in [-0.15, -0.1) is 24.0 Å². The lowest BCUT2D eigenvalue weighted by Crippen LogP contribution is -2.41. The third kappa shape index (κ3) is 6.72. The lowest BCUT2D eigenvalue weighted by Gasteiger charge is -2.33. The summed E-state index contributed by atoms with van der Waals surface area (Å²) in [5, 5.41) is 11.3. The molecular formula is C19H37IN6. The van der Waals surface area contributed by atoms with Crippen molar-refractivity contribution >= 4 is 29.9 Å². The molecule has 1 unspecified atom stereocenters. The Morgan fingerprint density at radius 2 is 1.96 bits per heavy atom. The van der Waals surface area contributed by atoms with Crippen molar-refractivity contribution in [3.05, 3.63) is 17.0 Å². The van der Waals surface area contributed by atoms with E-state index >= 15 is 0 Å². The summed E-state index contributed by atoms with van der Waals surface area (Å²) in [6.45, 7) is 10.8. The zero-order valence-corrected chi connectivity index (χ0v) is 19.5. The van der Waals surface area contributed by atoms with Crippen LogP contribution in [0.2, 0.25) is 0 Å². The summed E-state index contributed by atoms with van der Waals surface area (Å²) in [5.74, 6) is 0.894. The molecule has 1 aliphatic rings. The predicted octanol–water partition coefficient (Wildman–Crippen LogP) is 2.63. The molecule has 6 nitrogen and oxygen atoms in total. The molecule has 0 aromatic carbocycles. The van der Waals surface area contributed by atoms with Gasteiger partial charge in [-0.1, -0.05) is 6.42 Å². The highest BCUT2D eigenvalue weighted by Gasteiger charge is 2.17. The standard InChI is InChI=1S/C19H36N6.HI/c1-15-9-6-7-13-25(15)14-8-11-21-19(20-4)22-12-10-18-16(2)23-24(5)17(18)3;/h15H,6-14H2,1-5H3,(H2,20,21,22);1H. The number of hydrogen-bond acceptors (Lipinski definition) is 3. The Morgan fingerprint density at radius 3 is 2.58 bits per heavy atom. The summed E-state index contributed by atoms with van der Waals surface area (Å²) in [7, 11) is 3.84. The fourth-order valence-electron chi connectivity index (χ4n) is 3.68. The normalized spacial score (nSPS) is 18.5. The topological polar surface area (TPSA) is 57.5 Å². The van der Waals surface area contributed by atoms with E-state index in [1.165, 1.54) is 43.6 Å². The van der Waals surface area contributed by atoms with Crippen LogP contribution in [0.1, 0.15) is 49.6 Å². The van der Waals surface area contributed by atoms with Crippen LogP contribution >= 0.6 is 24.0 Å². The molecule has 1 aromatic heterocycles. The Kier molecular flexibility index (Phi) is 10.5. The molecule has 1 aliphatic heterocycles. The van der Waals surface area contributed by atoms with Crippen LogP contribution < -0.4 is 10.6 Å². The van der Waals surface area contributed by atoms with E-state index in [2.05, 4.69) is 46.4 Å². The summed E-state index contributed by atoms with van der Waals surface area (Å²) >= 11 is 0. The Labute approximate surface area is 176 Å². The van der Waals surface area contributed by atoms with Crippen LogP contribution in [-0.4, -0.2) is 59.9 Å². The van der Waals surface area contributed by atoms with Crippen molar-refractivity contribution in [3.8, 4) is 0 Å². The minimum atomic E-state index is 0. The third-order valence-electron chi connectivity index (χ3n) is 5.41. The highest BCUT2D eigenvalue weighted by atomic mass is 127. The van der Waals surface area contributed by atoms with Crippen molar-refractivity contribution in [1.82, 2.24) is 25.3 Å². The van der Waals surface area contributed by atoms with Gasteiger partial charge in [-0.05, 0) is 58.6 Å². The molecule has 7 heteroatoms. The lowest BCUT2D eigenvalue weighted by atomic mass is 10.0. The number of hydrogen-bond donors (Lipinski definition) is 2.